The molecule has 1 aliphatic carbocycles. The van der Waals surface area contributed by atoms with E-state index in [0.717, 1.165) is 33.6 Å². The molecule has 0 amide bonds. The quantitative estimate of drug-likeness (QED) is 0.624. The minimum atomic E-state index is 0.110. The van der Waals surface area contributed by atoms with Crippen LogP contribution in [0.2, 0.25) is 0 Å². The maximum Gasteiger partial charge on any atom is 0.189 e. The summed E-state index contributed by atoms with van der Waals surface area (Å²) in [5.74, 6) is 0.838. The molecule has 0 saturated heterocycles. The molecule has 0 N–H and O–H groups in total. The van der Waals surface area contributed by atoms with Crippen LogP contribution in [0.5, 0.6) is 5.75 Å². The van der Waals surface area contributed by atoms with Crippen molar-refractivity contribution in [3.8, 4) is 11.8 Å². The smallest absolute Gasteiger partial charge is 0.189 e. The lowest BCUT2D eigenvalue weighted by atomic mass is 10.1. The van der Waals surface area contributed by atoms with E-state index < -0.39 is 0 Å². The highest BCUT2D eigenvalue weighted by atomic mass is 16.5. The van der Waals surface area contributed by atoms with E-state index in [2.05, 4.69) is 6.07 Å². The number of benzene rings is 3. The van der Waals surface area contributed by atoms with Crippen molar-refractivity contribution in [2.24, 2.45) is 0 Å². The first-order valence-corrected chi connectivity index (χ1v) is 8.78. The third kappa shape index (κ3) is 3.51. The number of hydrogen-bond acceptors (Lipinski definition) is 3. The number of carbonyl (C=O) groups is 1. The molecule has 0 atom stereocenters. The Kier molecular flexibility index (Phi) is 4.55. The Morgan fingerprint density at radius 2 is 1.70 bits per heavy atom. The first-order chi connectivity index (χ1) is 13.2. The third-order valence-corrected chi connectivity index (χ3v) is 4.69. The number of allylic oxidation sites excluding steroid dienone is 1. The molecule has 0 saturated carbocycles. The summed E-state index contributed by atoms with van der Waals surface area (Å²) in [5.41, 5.74) is 5.16. The van der Waals surface area contributed by atoms with Crippen molar-refractivity contribution in [3.63, 3.8) is 0 Å². The Morgan fingerprint density at radius 3 is 2.48 bits per heavy atom. The lowest BCUT2D eigenvalue weighted by Crippen LogP contribution is -1.98. The van der Waals surface area contributed by atoms with Crippen LogP contribution in [-0.4, -0.2) is 5.78 Å². The van der Waals surface area contributed by atoms with Crippen LogP contribution in [0.25, 0.3) is 6.08 Å². The van der Waals surface area contributed by atoms with Gasteiger partial charge in [-0.25, -0.2) is 0 Å². The number of rotatable bonds is 4. The van der Waals surface area contributed by atoms with Gasteiger partial charge in [0.15, 0.2) is 5.78 Å². The first kappa shape index (κ1) is 16.8. The number of hydrogen-bond donors (Lipinski definition) is 0. The van der Waals surface area contributed by atoms with Crippen LogP contribution in [0.1, 0.15) is 32.6 Å². The summed E-state index contributed by atoms with van der Waals surface area (Å²) in [6, 6.07) is 25.0. The van der Waals surface area contributed by atoms with Gasteiger partial charge >= 0.3 is 0 Å². The molecule has 0 spiro atoms. The number of nitriles is 1. The molecule has 0 aromatic heterocycles. The fourth-order valence-corrected chi connectivity index (χ4v) is 3.25. The summed E-state index contributed by atoms with van der Waals surface area (Å²) < 4.78 is 5.79. The normalized spacial score (nSPS) is 14.0. The maximum atomic E-state index is 12.5. The number of ether oxygens (including phenoxy) is 1. The van der Waals surface area contributed by atoms with Crippen LogP contribution in [-0.2, 0) is 13.0 Å². The largest absolute Gasteiger partial charge is 0.489 e. The molecular formula is C24H17NO2. The highest BCUT2D eigenvalue weighted by Crippen LogP contribution is 2.28. The van der Waals surface area contributed by atoms with Crippen LogP contribution < -0.4 is 4.74 Å². The lowest BCUT2D eigenvalue weighted by molar-refractivity contribution is 0.104. The second-order valence-corrected chi connectivity index (χ2v) is 6.46. The van der Waals surface area contributed by atoms with Crippen molar-refractivity contribution in [1.82, 2.24) is 0 Å². The molecule has 1 aliphatic rings. The van der Waals surface area contributed by atoms with Crippen molar-refractivity contribution < 1.29 is 9.53 Å². The van der Waals surface area contributed by atoms with Crippen molar-refractivity contribution in [1.29, 1.82) is 5.26 Å². The van der Waals surface area contributed by atoms with Gasteiger partial charge in [0, 0.05) is 23.1 Å². The van der Waals surface area contributed by atoms with E-state index in [9.17, 15) is 4.79 Å². The fraction of sp³-hybridized carbons (Fsp3) is 0.0833. The van der Waals surface area contributed by atoms with Gasteiger partial charge in [-0.05, 0) is 35.4 Å². The van der Waals surface area contributed by atoms with E-state index in [-0.39, 0.29) is 5.78 Å². The Bertz CT molecular complexity index is 1070. The van der Waals surface area contributed by atoms with Crippen molar-refractivity contribution in [2.75, 3.05) is 0 Å². The molecule has 3 aromatic rings. The number of Topliss-reactive ketones (excluding diaryl/α,β-unsaturated/α-hetero) is 1. The van der Waals surface area contributed by atoms with Crippen LogP contribution in [0.4, 0.5) is 0 Å². The molecule has 3 heteroatoms. The SMILES string of the molecule is N#Cc1ccccc1COc1ccc(/C=C2\Cc3ccccc3C2=O)cc1. The summed E-state index contributed by atoms with van der Waals surface area (Å²) in [4.78, 5) is 12.5. The number of ketones is 1. The zero-order chi connectivity index (χ0) is 18.6. The molecule has 0 bridgehead atoms. The minimum absolute atomic E-state index is 0.110. The van der Waals surface area contributed by atoms with Crippen molar-refractivity contribution >= 4 is 11.9 Å². The van der Waals surface area contributed by atoms with Gasteiger partial charge in [0.1, 0.15) is 12.4 Å². The standard InChI is InChI=1S/C24H17NO2/c25-15-19-6-1-2-7-20(19)16-27-22-11-9-17(10-12-22)13-21-14-18-5-3-4-8-23(18)24(21)26/h1-13H,14,16H2/b21-13+. The van der Waals surface area contributed by atoms with Gasteiger partial charge in [-0.2, -0.15) is 5.26 Å². The minimum Gasteiger partial charge on any atom is -0.489 e. The summed E-state index contributed by atoms with van der Waals surface area (Å²) in [5, 5.41) is 9.13. The molecule has 3 aromatic carbocycles. The Balaban J connectivity index is 1.46. The van der Waals surface area contributed by atoms with Crippen LogP contribution >= 0.6 is 0 Å². The fourth-order valence-electron chi connectivity index (χ4n) is 3.25. The Hall–Kier alpha value is -3.64. The van der Waals surface area contributed by atoms with Crippen LogP contribution in [0.15, 0.2) is 78.4 Å². The van der Waals surface area contributed by atoms with Crippen molar-refractivity contribution in [3.05, 3.63) is 106 Å². The molecule has 0 unspecified atom stereocenters. The van der Waals surface area contributed by atoms with Gasteiger partial charge in [-0.15, -0.1) is 0 Å². The van der Waals surface area contributed by atoms with Gasteiger partial charge in [-0.3, -0.25) is 4.79 Å². The lowest BCUT2D eigenvalue weighted by Gasteiger charge is -2.08. The zero-order valence-electron chi connectivity index (χ0n) is 14.7. The van der Waals surface area contributed by atoms with E-state index in [0.29, 0.717) is 18.6 Å². The number of nitrogens with zero attached hydrogens (tertiary/aromatic N) is 1. The highest BCUT2D eigenvalue weighted by molar-refractivity contribution is 6.15. The van der Waals surface area contributed by atoms with E-state index in [1.807, 2.05) is 72.8 Å². The molecular weight excluding hydrogens is 334 g/mol. The topological polar surface area (TPSA) is 50.1 Å². The summed E-state index contributed by atoms with van der Waals surface area (Å²) in [6.45, 7) is 0.345. The van der Waals surface area contributed by atoms with E-state index >= 15 is 0 Å². The Labute approximate surface area is 158 Å². The van der Waals surface area contributed by atoms with Crippen LogP contribution in [0.3, 0.4) is 0 Å². The number of carbonyl (C=O) groups excluding carboxylic acids is 1. The third-order valence-electron chi connectivity index (χ3n) is 4.69. The van der Waals surface area contributed by atoms with Crippen molar-refractivity contribution in [2.45, 2.75) is 13.0 Å². The molecule has 0 aliphatic heterocycles. The monoisotopic (exact) mass is 351 g/mol. The van der Waals surface area contributed by atoms with Gasteiger partial charge in [0.2, 0.25) is 0 Å². The second kappa shape index (κ2) is 7.31. The molecule has 130 valence electrons. The summed E-state index contributed by atoms with van der Waals surface area (Å²) >= 11 is 0. The van der Waals surface area contributed by atoms with E-state index in [1.165, 1.54) is 0 Å². The zero-order valence-corrected chi connectivity index (χ0v) is 14.7. The molecule has 0 radical (unpaired) electrons. The second-order valence-electron chi connectivity index (χ2n) is 6.46. The Morgan fingerprint density at radius 1 is 0.963 bits per heavy atom. The predicted molar refractivity (Wildman–Crippen MR) is 104 cm³/mol. The van der Waals surface area contributed by atoms with Crippen LogP contribution in [0, 0.1) is 11.3 Å². The number of fused-ring (bicyclic) bond motifs is 1. The molecule has 4 rings (SSSR count). The van der Waals surface area contributed by atoms with Gasteiger partial charge in [0.05, 0.1) is 11.6 Å². The van der Waals surface area contributed by atoms with E-state index in [1.54, 1.807) is 6.07 Å². The first-order valence-electron chi connectivity index (χ1n) is 8.78. The average Bonchev–Trinajstić information content (AvgIpc) is 3.03. The highest BCUT2D eigenvalue weighted by Gasteiger charge is 2.23. The van der Waals surface area contributed by atoms with E-state index in [4.69, 9.17) is 10.00 Å². The molecule has 0 fully saturated rings. The van der Waals surface area contributed by atoms with Gasteiger partial charge in [-0.1, -0.05) is 54.6 Å². The average molecular weight is 351 g/mol. The molecule has 0 heterocycles. The molecule has 27 heavy (non-hydrogen) atoms. The predicted octanol–water partition coefficient (Wildman–Crippen LogP) is 4.96. The van der Waals surface area contributed by atoms with Gasteiger partial charge in [0.25, 0.3) is 0 Å². The maximum absolute atomic E-state index is 12.5. The van der Waals surface area contributed by atoms with Gasteiger partial charge < -0.3 is 4.74 Å². The summed E-state index contributed by atoms with van der Waals surface area (Å²) in [7, 11) is 0. The molecule has 3 nitrogen and oxygen atoms in total. The summed E-state index contributed by atoms with van der Waals surface area (Å²) in [6.07, 6.45) is 2.62.